The van der Waals surface area contributed by atoms with Crippen molar-refractivity contribution >= 4 is 28.8 Å². The summed E-state index contributed by atoms with van der Waals surface area (Å²) < 4.78 is 0. The molecule has 0 unspecified atom stereocenters. The number of nitrogens with zero attached hydrogens (tertiary/aromatic N) is 1. The molecule has 0 amide bonds. The zero-order chi connectivity index (χ0) is 12.1. The summed E-state index contributed by atoms with van der Waals surface area (Å²) in [5.74, 6) is 0. The van der Waals surface area contributed by atoms with Gasteiger partial charge in [0.15, 0.2) is 0 Å². The highest BCUT2D eigenvalue weighted by atomic mass is 32.1. The molecule has 0 aliphatic carbocycles. The number of thiocarbonyl (C=S) groups is 1. The maximum Gasteiger partial charge on any atom is 0.0823 e. The Labute approximate surface area is 103 Å². The summed E-state index contributed by atoms with van der Waals surface area (Å²) in [5.41, 5.74) is 11.4. The molecule has 0 saturated carbocycles. The quantitative estimate of drug-likeness (QED) is 0.490. The van der Waals surface area contributed by atoms with Crippen molar-refractivity contribution in [3.63, 3.8) is 0 Å². The molecule has 0 aliphatic rings. The van der Waals surface area contributed by atoms with Crippen molar-refractivity contribution < 1.29 is 0 Å². The molecule has 86 valence electrons. The fraction of sp³-hybridized carbons (Fsp3) is 0.462. The number of rotatable bonds is 4. The second-order valence-corrected chi connectivity index (χ2v) is 3.88. The van der Waals surface area contributed by atoms with Crippen LogP contribution in [-0.4, -0.2) is 5.16 Å². The number of hydrogen-bond donors (Lipinski definition) is 1. The van der Waals surface area contributed by atoms with E-state index in [0.717, 1.165) is 36.2 Å². The van der Waals surface area contributed by atoms with Gasteiger partial charge in [-0.1, -0.05) is 26.8 Å². The number of nitrogen functional groups attached to an aromatic ring is 1. The number of hydrogen-bond acceptors (Lipinski definition) is 3. The number of aliphatic imine (C=N–C) groups is 1. The summed E-state index contributed by atoms with van der Waals surface area (Å²) in [6, 6.07) is 2.14. The molecule has 0 fully saturated rings. The van der Waals surface area contributed by atoms with Crippen LogP contribution in [0.25, 0.3) is 0 Å². The van der Waals surface area contributed by atoms with E-state index in [1.807, 2.05) is 0 Å². The highest BCUT2D eigenvalue weighted by molar-refractivity contribution is 7.78. The van der Waals surface area contributed by atoms with Crippen LogP contribution in [0.1, 0.15) is 37.5 Å². The minimum Gasteiger partial charge on any atom is -0.398 e. The molecule has 0 saturated heterocycles. The first-order chi connectivity index (χ1) is 7.69. The van der Waals surface area contributed by atoms with Gasteiger partial charge in [-0.2, -0.15) is 4.99 Å². The molecule has 0 atom stereocenters. The van der Waals surface area contributed by atoms with Gasteiger partial charge >= 0.3 is 0 Å². The molecule has 0 radical (unpaired) electrons. The Bertz CT molecular complexity index is 432. The molecule has 0 bridgehead atoms. The van der Waals surface area contributed by atoms with Gasteiger partial charge in [-0.25, -0.2) is 0 Å². The molecular formula is C13H18N2S. The van der Waals surface area contributed by atoms with E-state index < -0.39 is 0 Å². The topological polar surface area (TPSA) is 38.4 Å². The predicted octanol–water partition coefficient (Wildman–Crippen LogP) is 3.69. The normalized spacial score (nSPS) is 9.94. The van der Waals surface area contributed by atoms with Gasteiger partial charge in [-0.3, -0.25) is 0 Å². The number of benzene rings is 1. The van der Waals surface area contributed by atoms with Gasteiger partial charge in [0, 0.05) is 11.3 Å². The predicted molar refractivity (Wildman–Crippen MR) is 73.7 cm³/mol. The van der Waals surface area contributed by atoms with Gasteiger partial charge in [0.1, 0.15) is 0 Å². The molecule has 1 aromatic rings. The average molecular weight is 234 g/mol. The van der Waals surface area contributed by atoms with E-state index in [9.17, 15) is 0 Å². The Hall–Kier alpha value is -1.18. The van der Waals surface area contributed by atoms with E-state index in [-0.39, 0.29) is 0 Å². The molecule has 1 aromatic carbocycles. The van der Waals surface area contributed by atoms with Gasteiger partial charge < -0.3 is 5.73 Å². The smallest absolute Gasteiger partial charge is 0.0823 e. The van der Waals surface area contributed by atoms with Crippen molar-refractivity contribution in [2.75, 3.05) is 5.73 Å². The van der Waals surface area contributed by atoms with Gasteiger partial charge in [0.05, 0.1) is 10.8 Å². The first-order valence-electron chi connectivity index (χ1n) is 5.70. The molecular weight excluding hydrogens is 216 g/mol. The lowest BCUT2D eigenvalue weighted by molar-refractivity contribution is 1.05. The van der Waals surface area contributed by atoms with Crippen LogP contribution in [-0.2, 0) is 19.3 Å². The van der Waals surface area contributed by atoms with E-state index in [4.69, 9.17) is 18.0 Å². The van der Waals surface area contributed by atoms with Crippen LogP contribution in [0, 0.1) is 0 Å². The highest BCUT2D eigenvalue weighted by Crippen LogP contribution is 2.33. The van der Waals surface area contributed by atoms with Gasteiger partial charge in [-0.15, -0.1) is 0 Å². The third kappa shape index (κ3) is 2.31. The number of anilines is 1. The average Bonchev–Trinajstić information content (AvgIpc) is 2.30. The van der Waals surface area contributed by atoms with E-state index in [0.29, 0.717) is 0 Å². The summed E-state index contributed by atoms with van der Waals surface area (Å²) in [5, 5.41) is 2.45. The van der Waals surface area contributed by atoms with Crippen LogP contribution in [0.2, 0.25) is 0 Å². The van der Waals surface area contributed by atoms with Crippen LogP contribution in [0.4, 0.5) is 11.4 Å². The Morgan fingerprint density at radius 2 is 1.81 bits per heavy atom. The van der Waals surface area contributed by atoms with Crippen molar-refractivity contribution in [3.8, 4) is 0 Å². The molecule has 2 nitrogen and oxygen atoms in total. The largest absolute Gasteiger partial charge is 0.398 e. The number of isothiocyanates is 1. The second kappa shape index (κ2) is 5.78. The van der Waals surface area contributed by atoms with Crippen molar-refractivity contribution in [1.82, 2.24) is 0 Å². The summed E-state index contributed by atoms with van der Waals surface area (Å²) in [4.78, 5) is 4.17. The fourth-order valence-corrected chi connectivity index (χ4v) is 2.07. The summed E-state index contributed by atoms with van der Waals surface area (Å²) in [6.45, 7) is 6.33. The van der Waals surface area contributed by atoms with Crippen molar-refractivity contribution in [3.05, 3.63) is 22.8 Å². The lowest BCUT2D eigenvalue weighted by atomic mass is 9.96. The monoisotopic (exact) mass is 234 g/mol. The van der Waals surface area contributed by atoms with Gasteiger partial charge in [0.25, 0.3) is 0 Å². The maximum absolute atomic E-state index is 6.14. The Kier molecular flexibility index (Phi) is 4.66. The van der Waals surface area contributed by atoms with Crippen LogP contribution in [0.15, 0.2) is 11.1 Å². The maximum atomic E-state index is 6.14. The third-order valence-corrected chi connectivity index (χ3v) is 2.97. The minimum absolute atomic E-state index is 0.867. The standard InChI is InChI=1S/C13H18N2S/c1-4-9-7-10(5-2)13(15-8-16)11(6-3)12(9)14/h7H,4-6,14H2,1-3H3. The number of aryl methyl sites for hydroxylation is 2. The zero-order valence-electron chi connectivity index (χ0n) is 10.1. The highest BCUT2D eigenvalue weighted by Gasteiger charge is 2.12. The van der Waals surface area contributed by atoms with E-state index in [1.165, 1.54) is 11.1 Å². The molecule has 0 aromatic heterocycles. The van der Waals surface area contributed by atoms with E-state index in [1.54, 1.807) is 0 Å². The summed E-state index contributed by atoms with van der Waals surface area (Å²) in [7, 11) is 0. The lowest BCUT2D eigenvalue weighted by Gasteiger charge is -2.14. The van der Waals surface area contributed by atoms with Crippen LogP contribution in [0.3, 0.4) is 0 Å². The van der Waals surface area contributed by atoms with E-state index in [2.05, 4.69) is 37.0 Å². The molecule has 0 spiro atoms. The van der Waals surface area contributed by atoms with Gasteiger partial charge in [-0.05, 0) is 42.6 Å². The summed E-state index contributed by atoms with van der Waals surface area (Å²) in [6.07, 6.45) is 2.77. The second-order valence-electron chi connectivity index (χ2n) is 3.70. The fourth-order valence-electron chi connectivity index (χ4n) is 1.98. The van der Waals surface area contributed by atoms with E-state index >= 15 is 0 Å². The van der Waals surface area contributed by atoms with Crippen molar-refractivity contribution in [2.24, 2.45) is 4.99 Å². The Balaban J connectivity index is 3.56. The molecule has 3 heteroatoms. The van der Waals surface area contributed by atoms with Gasteiger partial charge in [0.2, 0.25) is 0 Å². The lowest BCUT2D eigenvalue weighted by Crippen LogP contribution is -2.01. The van der Waals surface area contributed by atoms with Crippen molar-refractivity contribution in [1.29, 1.82) is 0 Å². The minimum atomic E-state index is 0.867. The SMILES string of the molecule is CCc1cc(CC)c(N=C=S)c(CC)c1N. The molecule has 1 rings (SSSR count). The third-order valence-electron chi connectivity index (χ3n) is 2.88. The molecule has 2 N–H and O–H groups in total. The molecule has 16 heavy (non-hydrogen) atoms. The Morgan fingerprint density at radius 3 is 2.25 bits per heavy atom. The molecule has 0 aliphatic heterocycles. The first kappa shape index (κ1) is 12.9. The zero-order valence-corrected chi connectivity index (χ0v) is 10.9. The number of nitrogens with two attached hydrogens (primary N) is 1. The van der Waals surface area contributed by atoms with Crippen LogP contribution >= 0.6 is 12.2 Å². The van der Waals surface area contributed by atoms with Crippen molar-refractivity contribution in [2.45, 2.75) is 40.0 Å². The molecule has 0 heterocycles. The van der Waals surface area contributed by atoms with Crippen LogP contribution < -0.4 is 5.73 Å². The Morgan fingerprint density at radius 1 is 1.19 bits per heavy atom. The summed E-state index contributed by atoms with van der Waals surface area (Å²) >= 11 is 4.70. The van der Waals surface area contributed by atoms with Crippen LogP contribution in [0.5, 0.6) is 0 Å². The first-order valence-corrected chi connectivity index (χ1v) is 6.11.